The van der Waals surface area contributed by atoms with E-state index in [2.05, 4.69) is 0 Å². The molecule has 1 aliphatic rings. The number of nitrogens with zero attached hydrogens (tertiary/aromatic N) is 1. The molecule has 0 aromatic heterocycles. The molecule has 2 atom stereocenters. The molecule has 21 heavy (non-hydrogen) atoms. The Hall–Kier alpha value is -1.44. The normalized spacial score (nSPS) is 23.1. The number of amides is 1. The van der Waals surface area contributed by atoms with Crippen LogP contribution in [0, 0.1) is 0 Å². The quantitative estimate of drug-likeness (QED) is 0.866. The maximum absolute atomic E-state index is 12.6. The maximum atomic E-state index is 12.6. The fourth-order valence-corrected chi connectivity index (χ4v) is 2.94. The molecule has 1 aromatic carbocycles. The van der Waals surface area contributed by atoms with Crippen molar-refractivity contribution in [2.24, 2.45) is 5.73 Å². The number of hydrogen-bond acceptors (Lipinski definition) is 5. The van der Waals surface area contributed by atoms with Gasteiger partial charge >= 0.3 is 0 Å². The van der Waals surface area contributed by atoms with E-state index in [1.165, 1.54) is 12.1 Å². The first-order valence-electron chi connectivity index (χ1n) is 6.75. The molecule has 0 saturated carbocycles. The minimum absolute atomic E-state index is 0.0674. The molecule has 1 aliphatic heterocycles. The molecule has 0 aliphatic carbocycles. The van der Waals surface area contributed by atoms with Crippen LogP contribution in [0.1, 0.15) is 17.3 Å². The van der Waals surface area contributed by atoms with Crippen LogP contribution in [0.4, 0.5) is 0 Å². The van der Waals surface area contributed by atoms with Gasteiger partial charge in [-0.1, -0.05) is 6.07 Å². The third kappa shape index (κ3) is 3.61. The standard InChI is InChI=1S/C14H20N2O4S/c1-10-9-20-12(7-15)8-16(10)14(17)11-4-3-5-13(6-11)21(2,18)19/h3-6,10,12H,7-9,15H2,1-2H3. The van der Waals surface area contributed by atoms with Crippen molar-refractivity contribution in [2.75, 3.05) is 26.0 Å². The van der Waals surface area contributed by atoms with Gasteiger partial charge in [0.05, 0.1) is 23.6 Å². The number of carbonyl (C=O) groups excluding carboxylic acids is 1. The summed E-state index contributed by atoms with van der Waals surface area (Å²) in [6.45, 7) is 3.09. The van der Waals surface area contributed by atoms with Crippen LogP contribution >= 0.6 is 0 Å². The molecule has 6 nitrogen and oxygen atoms in total. The molecule has 1 aromatic rings. The van der Waals surface area contributed by atoms with Crippen LogP contribution < -0.4 is 5.73 Å². The fraction of sp³-hybridized carbons (Fsp3) is 0.500. The van der Waals surface area contributed by atoms with Crippen molar-refractivity contribution < 1.29 is 17.9 Å². The summed E-state index contributed by atoms with van der Waals surface area (Å²) in [5.41, 5.74) is 5.95. The Bertz CT molecular complexity index is 630. The minimum Gasteiger partial charge on any atom is -0.373 e. The molecule has 1 amide bonds. The smallest absolute Gasteiger partial charge is 0.254 e. The van der Waals surface area contributed by atoms with Gasteiger partial charge in [0.1, 0.15) is 0 Å². The second kappa shape index (κ2) is 6.13. The lowest BCUT2D eigenvalue weighted by Crippen LogP contribution is -2.52. The number of sulfone groups is 1. The molecule has 0 bridgehead atoms. The number of rotatable bonds is 3. The van der Waals surface area contributed by atoms with Gasteiger partial charge in [-0.25, -0.2) is 8.42 Å². The van der Waals surface area contributed by atoms with Crippen LogP contribution in [0.5, 0.6) is 0 Å². The van der Waals surface area contributed by atoms with E-state index in [9.17, 15) is 13.2 Å². The van der Waals surface area contributed by atoms with Gasteiger partial charge in [0.2, 0.25) is 0 Å². The molecule has 2 rings (SSSR count). The second-order valence-electron chi connectivity index (χ2n) is 5.30. The summed E-state index contributed by atoms with van der Waals surface area (Å²) in [5.74, 6) is -0.199. The van der Waals surface area contributed by atoms with Crippen LogP contribution in [-0.4, -0.2) is 57.3 Å². The summed E-state index contributed by atoms with van der Waals surface area (Å²) < 4.78 is 28.7. The van der Waals surface area contributed by atoms with E-state index >= 15 is 0 Å². The zero-order chi connectivity index (χ0) is 15.6. The van der Waals surface area contributed by atoms with Crippen molar-refractivity contribution in [3.8, 4) is 0 Å². The van der Waals surface area contributed by atoms with E-state index in [-0.39, 0.29) is 22.9 Å². The van der Waals surface area contributed by atoms with Gasteiger partial charge < -0.3 is 15.4 Å². The topological polar surface area (TPSA) is 89.7 Å². The highest BCUT2D eigenvalue weighted by Crippen LogP contribution is 2.18. The van der Waals surface area contributed by atoms with E-state index in [4.69, 9.17) is 10.5 Å². The monoisotopic (exact) mass is 312 g/mol. The number of ether oxygens (including phenoxy) is 1. The molecule has 7 heteroatoms. The number of morpholine rings is 1. The Morgan fingerprint density at radius 3 is 2.81 bits per heavy atom. The molecule has 2 unspecified atom stereocenters. The van der Waals surface area contributed by atoms with Gasteiger partial charge in [0.25, 0.3) is 5.91 Å². The number of nitrogens with two attached hydrogens (primary N) is 1. The zero-order valence-electron chi connectivity index (χ0n) is 12.2. The average molecular weight is 312 g/mol. The summed E-state index contributed by atoms with van der Waals surface area (Å²) in [6, 6.07) is 6.03. The molecular weight excluding hydrogens is 292 g/mol. The highest BCUT2D eigenvalue weighted by atomic mass is 32.2. The van der Waals surface area contributed by atoms with Crippen LogP contribution in [-0.2, 0) is 14.6 Å². The molecule has 0 radical (unpaired) electrons. The second-order valence-corrected chi connectivity index (χ2v) is 7.31. The molecule has 0 spiro atoms. The van der Waals surface area contributed by atoms with Gasteiger partial charge in [0.15, 0.2) is 9.84 Å². The van der Waals surface area contributed by atoms with Crippen LogP contribution in [0.3, 0.4) is 0 Å². The number of carbonyl (C=O) groups is 1. The highest BCUT2D eigenvalue weighted by Gasteiger charge is 2.29. The van der Waals surface area contributed by atoms with Gasteiger partial charge in [-0.15, -0.1) is 0 Å². The Morgan fingerprint density at radius 2 is 2.19 bits per heavy atom. The minimum atomic E-state index is -3.33. The summed E-state index contributed by atoms with van der Waals surface area (Å²) in [7, 11) is -3.33. The predicted octanol–water partition coefficient (Wildman–Crippen LogP) is 0.278. The summed E-state index contributed by atoms with van der Waals surface area (Å²) in [4.78, 5) is 14.4. The molecule has 116 valence electrons. The fourth-order valence-electron chi connectivity index (χ4n) is 2.27. The molecular formula is C14H20N2O4S. The van der Waals surface area contributed by atoms with Crippen LogP contribution in [0.15, 0.2) is 29.2 Å². The molecule has 1 fully saturated rings. The van der Waals surface area contributed by atoms with E-state index < -0.39 is 9.84 Å². The maximum Gasteiger partial charge on any atom is 0.254 e. The summed E-state index contributed by atoms with van der Waals surface area (Å²) >= 11 is 0. The zero-order valence-corrected chi connectivity index (χ0v) is 13.0. The van der Waals surface area contributed by atoms with Crippen LogP contribution in [0.2, 0.25) is 0 Å². The first kappa shape index (κ1) is 15.9. The van der Waals surface area contributed by atoms with Crippen molar-refractivity contribution in [1.29, 1.82) is 0 Å². The molecule has 2 N–H and O–H groups in total. The third-order valence-electron chi connectivity index (χ3n) is 3.54. The highest BCUT2D eigenvalue weighted by molar-refractivity contribution is 7.90. The van der Waals surface area contributed by atoms with E-state index in [1.807, 2.05) is 6.92 Å². The van der Waals surface area contributed by atoms with Crippen LogP contribution in [0.25, 0.3) is 0 Å². The third-order valence-corrected chi connectivity index (χ3v) is 4.65. The van der Waals surface area contributed by atoms with Gasteiger partial charge in [-0.05, 0) is 25.1 Å². The lowest BCUT2D eigenvalue weighted by atomic mass is 10.1. The van der Waals surface area contributed by atoms with Gasteiger partial charge in [-0.2, -0.15) is 0 Å². The lowest BCUT2D eigenvalue weighted by molar-refractivity contribution is -0.0426. The summed E-state index contributed by atoms with van der Waals surface area (Å²) in [6.07, 6.45) is 0.946. The molecule has 1 heterocycles. The lowest BCUT2D eigenvalue weighted by Gasteiger charge is -2.37. The Labute approximate surface area is 124 Å². The number of benzene rings is 1. The first-order valence-corrected chi connectivity index (χ1v) is 8.65. The SMILES string of the molecule is CC1COC(CN)CN1C(=O)c1cccc(S(C)(=O)=O)c1. The van der Waals surface area contributed by atoms with Gasteiger partial charge in [-0.3, -0.25) is 4.79 Å². The number of hydrogen-bond donors (Lipinski definition) is 1. The Morgan fingerprint density at radius 1 is 1.48 bits per heavy atom. The van der Waals surface area contributed by atoms with Crippen molar-refractivity contribution in [3.05, 3.63) is 29.8 Å². The van der Waals surface area contributed by atoms with Crippen molar-refractivity contribution in [2.45, 2.75) is 24.0 Å². The largest absolute Gasteiger partial charge is 0.373 e. The Balaban J connectivity index is 2.27. The first-order chi connectivity index (χ1) is 9.82. The van der Waals surface area contributed by atoms with E-state index in [1.54, 1.807) is 17.0 Å². The predicted molar refractivity (Wildman–Crippen MR) is 78.8 cm³/mol. The van der Waals surface area contributed by atoms with E-state index in [0.29, 0.717) is 25.3 Å². The Kier molecular flexibility index (Phi) is 4.65. The average Bonchev–Trinajstić information content (AvgIpc) is 2.46. The molecule has 1 saturated heterocycles. The van der Waals surface area contributed by atoms with Crippen molar-refractivity contribution in [3.63, 3.8) is 0 Å². The van der Waals surface area contributed by atoms with E-state index in [0.717, 1.165) is 6.26 Å². The summed E-state index contributed by atoms with van der Waals surface area (Å²) in [5, 5.41) is 0. The van der Waals surface area contributed by atoms with Crippen molar-refractivity contribution >= 4 is 15.7 Å². The van der Waals surface area contributed by atoms with Gasteiger partial charge in [0, 0.05) is 24.9 Å². The van der Waals surface area contributed by atoms with Crippen molar-refractivity contribution in [1.82, 2.24) is 4.90 Å².